The molecule has 2 aromatic heterocycles. The van der Waals surface area contributed by atoms with Crippen LogP contribution >= 0.6 is 11.3 Å². The van der Waals surface area contributed by atoms with Gasteiger partial charge >= 0.3 is 0 Å². The molecule has 2 aromatic carbocycles. The molecule has 166 valence electrons. The van der Waals surface area contributed by atoms with Crippen molar-refractivity contribution >= 4 is 28.9 Å². The van der Waals surface area contributed by atoms with Crippen LogP contribution in [0.1, 0.15) is 16.8 Å². The predicted molar refractivity (Wildman–Crippen MR) is 131 cm³/mol. The number of hydrogen-bond acceptors (Lipinski definition) is 6. The van der Waals surface area contributed by atoms with Crippen molar-refractivity contribution in [1.29, 1.82) is 0 Å². The highest BCUT2D eigenvalue weighted by molar-refractivity contribution is 7.13. The van der Waals surface area contributed by atoms with Gasteiger partial charge in [0.15, 0.2) is 11.5 Å². The quantitative estimate of drug-likeness (QED) is 0.295. The molecule has 4 aromatic rings. The van der Waals surface area contributed by atoms with Gasteiger partial charge in [-0.1, -0.05) is 36.4 Å². The molecule has 1 N–H and O–H groups in total. The zero-order valence-electron chi connectivity index (χ0n) is 18.3. The molecule has 0 aliphatic heterocycles. The molecule has 0 atom stereocenters. The number of methoxy groups -OCH3 is 2. The summed E-state index contributed by atoms with van der Waals surface area (Å²) in [6.45, 7) is 0.330. The van der Waals surface area contributed by atoms with Gasteiger partial charge in [0.05, 0.1) is 26.5 Å². The summed E-state index contributed by atoms with van der Waals surface area (Å²) in [7, 11) is 3.18. The van der Waals surface area contributed by atoms with Crippen molar-refractivity contribution in [1.82, 2.24) is 15.3 Å². The molecule has 0 aliphatic rings. The van der Waals surface area contributed by atoms with Crippen LogP contribution in [0.4, 0.5) is 0 Å². The lowest BCUT2D eigenvalue weighted by Gasteiger charge is -2.11. The van der Waals surface area contributed by atoms with Crippen LogP contribution in [-0.2, 0) is 11.3 Å². The van der Waals surface area contributed by atoms with Crippen LogP contribution in [0.25, 0.3) is 22.2 Å². The fourth-order valence-corrected chi connectivity index (χ4v) is 4.11. The molecule has 0 spiro atoms. The molecule has 0 bridgehead atoms. The van der Waals surface area contributed by atoms with Crippen LogP contribution in [0.3, 0.4) is 0 Å². The van der Waals surface area contributed by atoms with Crippen molar-refractivity contribution in [3.63, 3.8) is 0 Å². The largest absolute Gasteiger partial charge is 0.493 e. The molecule has 4 rings (SSSR count). The van der Waals surface area contributed by atoms with Gasteiger partial charge in [-0.15, -0.1) is 11.3 Å². The molecule has 2 heterocycles. The third kappa shape index (κ3) is 5.45. The van der Waals surface area contributed by atoms with Gasteiger partial charge in [-0.25, -0.2) is 4.98 Å². The Balaban J connectivity index is 1.56. The van der Waals surface area contributed by atoms with E-state index in [9.17, 15) is 4.79 Å². The number of benzene rings is 2. The summed E-state index contributed by atoms with van der Waals surface area (Å²) in [6, 6.07) is 19.0. The number of aromatic nitrogens is 2. The first-order chi connectivity index (χ1) is 16.2. The first kappa shape index (κ1) is 22.2. The minimum atomic E-state index is -0.186. The third-order valence-electron chi connectivity index (χ3n) is 4.96. The fraction of sp³-hybridized carbons (Fsp3) is 0.115. The second kappa shape index (κ2) is 10.6. The highest BCUT2D eigenvalue weighted by atomic mass is 32.1. The van der Waals surface area contributed by atoms with E-state index in [-0.39, 0.29) is 5.91 Å². The number of amides is 1. The Morgan fingerprint density at radius 3 is 2.48 bits per heavy atom. The summed E-state index contributed by atoms with van der Waals surface area (Å²) in [6.07, 6.45) is 5.32. The maximum absolute atomic E-state index is 13.2. The molecule has 33 heavy (non-hydrogen) atoms. The lowest BCUT2D eigenvalue weighted by atomic mass is 10.0. The van der Waals surface area contributed by atoms with E-state index in [1.165, 1.54) is 11.3 Å². The normalized spacial score (nSPS) is 11.2. The van der Waals surface area contributed by atoms with E-state index in [4.69, 9.17) is 9.47 Å². The van der Waals surface area contributed by atoms with Crippen LogP contribution in [0, 0.1) is 0 Å². The molecule has 0 unspecified atom stereocenters. The van der Waals surface area contributed by atoms with E-state index in [1.807, 2.05) is 72.1 Å². The number of pyridine rings is 1. The van der Waals surface area contributed by atoms with E-state index in [0.29, 0.717) is 23.6 Å². The first-order valence-corrected chi connectivity index (χ1v) is 11.2. The molecule has 0 fully saturated rings. The van der Waals surface area contributed by atoms with Gasteiger partial charge in [-0.05, 0) is 41.5 Å². The Kier molecular flexibility index (Phi) is 7.12. The van der Waals surface area contributed by atoms with E-state index in [2.05, 4.69) is 15.3 Å². The molecule has 0 saturated carbocycles. The lowest BCUT2D eigenvalue weighted by molar-refractivity contribution is -0.115. The molecule has 7 heteroatoms. The van der Waals surface area contributed by atoms with Gasteiger partial charge in [0.25, 0.3) is 5.91 Å². The molecule has 0 aliphatic carbocycles. The lowest BCUT2D eigenvalue weighted by Crippen LogP contribution is -2.24. The Morgan fingerprint density at radius 1 is 1.00 bits per heavy atom. The highest BCUT2D eigenvalue weighted by Gasteiger charge is 2.14. The standard InChI is InChI=1S/C26H23N3O3S/c1-31-23-9-8-18(15-24(23)32-2)14-22(19-6-4-3-5-7-19)25(30)28-16-21-17-33-26(29-21)20-10-12-27-13-11-20/h3-15,17H,16H2,1-2H3,(H,28,30)/b22-14+. The number of ether oxygens (including phenoxy) is 2. The van der Waals surface area contributed by atoms with Crippen molar-refractivity contribution in [3.05, 3.63) is 95.3 Å². The Labute approximate surface area is 196 Å². The van der Waals surface area contributed by atoms with Crippen molar-refractivity contribution in [2.45, 2.75) is 6.54 Å². The zero-order chi connectivity index (χ0) is 23.0. The highest BCUT2D eigenvalue weighted by Crippen LogP contribution is 2.29. The number of hydrogen-bond donors (Lipinski definition) is 1. The summed E-state index contributed by atoms with van der Waals surface area (Å²) in [5.41, 5.74) is 4.01. The van der Waals surface area contributed by atoms with Crippen molar-refractivity contribution < 1.29 is 14.3 Å². The molecule has 6 nitrogen and oxygen atoms in total. The Hall–Kier alpha value is -3.97. The van der Waals surface area contributed by atoms with Crippen molar-refractivity contribution in [3.8, 4) is 22.1 Å². The molecular formula is C26H23N3O3S. The van der Waals surface area contributed by atoms with Gasteiger partial charge in [0.2, 0.25) is 0 Å². The fourth-order valence-electron chi connectivity index (χ4n) is 3.29. The second-order valence-electron chi connectivity index (χ2n) is 7.10. The Bertz CT molecular complexity index is 1250. The summed E-state index contributed by atoms with van der Waals surface area (Å²) in [4.78, 5) is 21.9. The molecule has 0 radical (unpaired) electrons. The van der Waals surface area contributed by atoms with Gasteiger partial charge in [-0.3, -0.25) is 9.78 Å². The van der Waals surface area contributed by atoms with Gasteiger partial charge < -0.3 is 14.8 Å². The maximum atomic E-state index is 13.2. The average molecular weight is 458 g/mol. The number of thiazole rings is 1. The van der Waals surface area contributed by atoms with E-state index < -0.39 is 0 Å². The van der Waals surface area contributed by atoms with Crippen LogP contribution in [0.2, 0.25) is 0 Å². The number of carbonyl (C=O) groups excluding carboxylic acids is 1. The van der Waals surface area contributed by atoms with E-state index in [1.54, 1.807) is 26.6 Å². The van der Waals surface area contributed by atoms with Crippen LogP contribution in [0.15, 0.2) is 78.4 Å². The van der Waals surface area contributed by atoms with E-state index >= 15 is 0 Å². The number of carbonyl (C=O) groups is 1. The van der Waals surface area contributed by atoms with Gasteiger partial charge in [-0.2, -0.15) is 0 Å². The van der Waals surface area contributed by atoms with Crippen molar-refractivity contribution in [2.75, 3.05) is 14.2 Å². The number of nitrogens with zero attached hydrogens (tertiary/aromatic N) is 2. The average Bonchev–Trinajstić information content (AvgIpc) is 3.36. The predicted octanol–water partition coefficient (Wildman–Crippen LogP) is 5.08. The number of rotatable bonds is 8. The monoisotopic (exact) mass is 457 g/mol. The molecule has 1 amide bonds. The minimum Gasteiger partial charge on any atom is -0.493 e. The van der Waals surface area contributed by atoms with Gasteiger partial charge in [0, 0.05) is 28.9 Å². The SMILES string of the molecule is COc1ccc(/C=C(/C(=O)NCc2csc(-c3ccncc3)n2)c2ccccc2)cc1OC. The Morgan fingerprint density at radius 2 is 1.76 bits per heavy atom. The maximum Gasteiger partial charge on any atom is 0.252 e. The second-order valence-corrected chi connectivity index (χ2v) is 7.96. The third-order valence-corrected chi connectivity index (χ3v) is 5.90. The minimum absolute atomic E-state index is 0.186. The molecular weight excluding hydrogens is 434 g/mol. The van der Waals surface area contributed by atoms with Gasteiger partial charge in [0.1, 0.15) is 5.01 Å². The van der Waals surface area contributed by atoms with Crippen molar-refractivity contribution in [2.24, 2.45) is 0 Å². The van der Waals surface area contributed by atoms with Crippen LogP contribution in [0.5, 0.6) is 11.5 Å². The summed E-state index contributed by atoms with van der Waals surface area (Å²) in [5, 5.41) is 5.85. The summed E-state index contributed by atoms with van der Waals surface area (Å²) in [5.74, 6) is 1.05. The topological polar surface area (TPSA) is 73.3 Å². The smallest absolute Gasteiger partial charge is 0.252 e. The van der Waals surface area contributed by atoms with Crippen LogP contribution in [-0.4, -0.2) is 30.1 Å². The summed E-state index contributed by atoms with van der Waals surface area (Å²) >= 11 is 1.54. The summed E-state index contributed by atoms with van der Waals surface area (Å²) < 4.78 is 10.7. The molecule has 0 saturated heterocycles. The van der Waals surface area contributed by atoms with Crippen LogP contribution < -0.4 is 14.8 Å². The zero-order valence-corrected chi connectivity index (χ0v) is 19.1. The van der Waals surface area contributed by atoms with E-state index in [0.717, 1.165) is 27.4 Å². The number of nitrogens with one attached hydrogen (secondary N) is 1. The first-order valence-electron chi connectivity index (χ1n) is 10.3.